The lowest BCUT2D eigenvalue weighted by molar-refractivity contribution is -0.188. The zero-order valence-electron chi connectivity index (χ0n) is 10.1. The van der Waals surface area contributed by atoms with Crippen molar-refractivity contribution >= 4 is 10.0 Å². The Morgan fingerprint density at radius 2 is 2.06 bits per heavy atom. The molecule has 0 aromatic carbocycles. The lowest BCUT2D eigenvalue weighted by atomic mass is 10.1. The van der Waals surface area contributed by atoms with E-state index in [9.17, 15) is 8.42 Å². The topological polar surface area (TPSA) is 81.9 Å². The minimum absolute atomic E-state index is 0.0515. The molecule has 0 bridgehead atoms. The molecule has 100 valence electrons. The largest absolute Gasteiger partial charge is 0.347 e. The number of hydrogen-bond acceptors (Lipinski definition) is 5. The van der Waals surface area contributed by atoms with Crippen LogP contribution in [0.4, 0.5) is 0 Å². The number of hydrogen-bond donors (Lipinski definition) is 1. The van der Waals surface area contributed by atoms with E-state index < -0.39 is 15.8 Å². The summed E-state index contributed by atoms with van der Waals surface area (Å²) in [5.41, 5.74) is 5.53. The van der Waals surface area contributed by atoms with Crippen LogP contribution in [0.25, 0.3) is 0 Å². The summed E-state index contributed by atoms with van der Waals surface area (Å²) in [6.07, 6.45) is 1.12. The van der Waals surface area contributed by atoms with Crippen LogP contribution in [0.15, 0.2) is 0 Å². The van der Waals surface area contributed by atoms with Crippen LogP contribution in [0.5, 0.6) is 0 Å². The number of sulfonamides is 1. The quantitative estimate of drug-likeness (QED) is 0.743. The average Bonchev–Trinajstić information content (AvgIpc) is 2.73. The van der Waals surface area contributed by atoms with Crippen LogP contribution in [-0.2, 0) is 19.5 Å². The van der Waals surface area contributed by atoms with Crippen LogP contribution in [-0.4, -0.2) is 56.6 Å². The third-order valence-corrected chi connectivity index (χ3v) is 5.30. The molecule has 1 spiro atoms. The molecule has 0 aromatic rings. The first kappa shape index (κ1) is 13.2. The summed E-state index contributed by atoms with van der Waals surface area (Å²) in [6, 6.07) is 0. The molecule has 2 fully saturated rings. The van der Waals surface area contributed by atoms with Crippen molar-refractivity contribution in [1.29, 1.82) is 0 Å². The zero-order valence-corrected chi connectivity index (χ0v) is 10.9. The Kier molecular flexibility index (Phi) is 3.74. The van der Waals surface area contributed by atoms with Crippen LogP contribution in [0.2, 0.25) is 0 Å². The molecule has 1 atom stereocenters. The van der Waals surface area contributed by atoms with E-state index in [0.717, 1.165) is 0 Å². The number of rotatable bonds is 3. The van der Waals surface area contributed by atoms with Gasteiger partial charge in [0.15, 0.2) is 5.79 Å². The van der Waals surface area contributed by atoms with Crippen LogP contribution < -0.4 is 5.73 Å². The fourth-order valence-corrected chi connectivity index (χ4v) is 3.39. The molecule has 0 saturated carbocycles. The standard InChI is InChI=1S/C10H20N2O4S/c1-2-17(13,14)12-5-3-10(4-6-12)15-8-9(7-11)16-10/h9H,2-8,11H2,1H3. The monoisotopic (exact) mass is 264 g/mol. The van der Waals surface area contributed by atoms with Crippen molar-refractivity contribution in [3.63, 3.8) is 0 Å². The lowest BCUT2D eigenvalue weighted by Crippen LogP contribution is -2.48. The maximum atomic E-state index is 11.7. The van der Waals surface area contributed by atoms with E-state index in [1.165, 1.54) is 4.31 Å². The van der Waals surface area contributed by atoms with Gasteiger partial charge in [0.2, 0.25) is 10.0 Å². The SMILES string of the molecule is CCS(=O)(=O)N1CCC2(CC1)OCC(CN)O2. The van der Waals surface area contributed by atoms with Crippen LogP contribution in [0.3, 0.4) is 0 Å². The Morgan fingerprint density at radius 1 is 1.41 bits per heavy atom. The van der Waals surface area contributed by atoms with Gasteiger partial charge in [0.05, 0.1) is 18.5 Å². The Labute approximate surface area is 102 Å². The van der Waals surface area contributed by atoms with Gasteiger partial charge in [-0.3, -0.25) is 0 Å². The van der Waals surface area contributed by atoms with Crippen molar-refractivity contribution in [3.8, 4) is 0 Å². The number of piperidine rings is 1. The molecule has 1 unspecified atom stereocenters. The third-order valence-electron chi connectivity index (χ3n) is 3.42. The van der Waals surface area contributed by atoms with E-state index in [1.54, 1.807) is 6.92 Å². The molecular weight excluding hydrogens is 244 g/mol. The van der Waals surface area contributed by atoms with Crippen molar-refractivity contribution in [3.05, 3.63) is 0 Å². The maximum absolute atomic E-state index is 11.7. The minimum atomic E-state index is -3.09. The van der Waals surface area contributed by atoms with Crippen LogP contribution in [0.1, 0.15) is 19.8 Å². The summed E-state index contributed by atoms with van der Waals surface area (Å²) in [7, 11) is -3.09. The van der Waals surface area contributed by atoms with Gasteiger partial charge in [-0.2, -0.15) is 0 Å². The molecule has 0 radical (unpaired) electrons. The summed E-state index contributed by atoms with van der Waals surface area (Å²) in [5, 5.41) is 0. The van der Waals surface area contributed by atoms with Gasteiger partial charge in [-0.15, -0.1) is 0 Å². The molecule has 2 aliphatic rings. The highest BCUT2D eigenvalue weighted by atomic mass is 32.2. The molecule has 0 aliphatic carbocycles. The van der Waals surface area contributed by atoms with Crippen molar-refractivity contribution in [1.82, 2.24) is 4.31 Å². The zero-order chi connectivity index (χ0) is 12.5. The summed E-state index contributed by atoms with van der Waals surface area (Å²) >= 11 is 0. The molecule has 2 N–H and O–H groups in total. The second-order valence-corrected chi connectivity index (χ2v) is 6.75. The molecule has 2 heterocycles. The third kappa shape index (κ3) is 2.63. The van der Waals surface area contributed by atoms with Crippen LogP contribution in [0, 0.1) is 0 Å². The molecule has 2 aliphatic heterocycles. The Bertz CT molecular complexity index is 363. The van der Waals surface area contributed by atoms with E-state index in [2.05, 4.69) is 0 Å². The first-order valence-electron chi connectivity index (χ1n) is 6.01. The average molecular weight is 264 g/mol. The molecule has 0 amide bonds. The van der Waals surface area contributed by atoms with Crippen molar-refractivity contribution in [2.24, 2.45) is 5.73 Å². The molecule has 0 aromatic heterocycles. The predicted octanol–water partition coefficient (Wildman–Crippen LogP) is -0.498. The molecule has 2 saturated heterocycles. The molecular formula is C10H20N2O4S. The van der Waals surface area contributed by atoms with Gasteiger partial charge >= 0.3 is 0 Å². The number of ether oxygens (including phenoxy) is 2. The van der Waals surface area contributed by atoms with E-state index in [4.69, 9.17) is 15.2 Å². The van der Waals surface area contributed by atoms with Gasteiger partial charge in [0.1, 0.15) is 0 Å². The number of nitrogens with two attached hydrogens (primary N) is 1. The second-order valence-electron chi connectivity index (χ2n) is 4.50. The van der Waals surface area contributed by atoms with Crippen molar-refractivity contribution < 1.29 is 17.9 Å². The van der Waals surface area contributed by atoms with Crippen molar-refractivity contribution in [2.75, 3.05) is 32.0 Å². The summed E-state index contributed by atoms with van der Waals surface area (Å²) in [5.74, 6) is -0.447. The summed E-state index contributed by atoms with van der Waals surface area (Å²) < 4.78 is 36.3. The van der Waals surface area contributed by atoms with E-state index in [1.807, 2.05) is 0 Å². The fourth-order valence-electron chi connectivity index (χ4n) is 2.28. The van der Waals surface area contributed by atoms with Crippen molar-refractivity contribution in [2.45, 2.75) is 31.7 Å². The molecule has 17 heavy (non-hydrogen) atoms. The van der Waals surface area contributed by atoms with E-state index in [-0.39, 0.29) is 11.9 Å². The first-order chi connectivity index (χ1) is 8.01. The Morgan fingerprint density at radius 3 is 2.53 bits per heavy atom. The molecule has 6 nitrogen and oxygen atoms in total. The van der Waals surface area contributed by atoms with Gasteiger partial charge in [-0.05, 0) is 6.92 Å². The maximum Gasteiger partial charge on any atom is 0.213 e. The Hall–Kier alpha value is -0.210. The fraction of sp³-hybridized carbons (Fsp3) is 1.00. The van der Waals surface area contributed by atoms with Gasteiger partial charge < -0.3 is 15.2 Å². The highest BCUT2D eigenvalue weighted by Crippen LogP contribution is 2.34. The Balaban J connectivity index is 1.95. The van der Waals surface area contributed by atoms with Gasteiger partial charge in [0.25, 0.3) is 0 Å². The highest BCUT2D eigenvalue weighted by Gasteiger charge is 2.44. The molecule has 7 heteroatoms. The molecule has 2 rings (SSSR count). The van der Waals surface area contributed by atoms with Gasteiger partial charge in [-0.25, -0.2) is 12.7 Å². The smallest absolute Gasteiger partial charge is 0.213 e. The minimum Gasteiger partial charge on any atom is -0.347 e. The number of nitrogens with zero attached hydrogens (tertiary/aromatic N) is 1. The van der Waals surface area contributed by atoms with E-state index >= 15 is 0 Å². The lowest BCUT2D eigenvalue weighted by Gasteiger charge is -2.37. The highest BCUT2D eigenvalue weighted by molar-refractivity contribution is 7.89. The van der Waals surface area contributed by atoms with Crippen LogP contribution >= 0.6 is 0 Å². The van der Waals surface area contributed by atoms with Gasteiger partial charge in [-0.1, -0.05) is 0 Å². The first-order valence-corrected chi connectivity index (χ1v) is 7.62. The van der Waals surface area contributed by atoms with E-state index in [0.29, 0.717) is 39.1 Å². The summed E-state index contributed by atoms with van der Waals surface area (Å²) in [4.78, 5) is 0. The second kappa shape index (κ2) is 4.81. The summed E-state index contributed by atoms with van der Waals surface area (Å²) in [6.45, 7) is 3.55. The normalized spacial score (nSPS) is 29.9. The van der Waals surface area contributed by atoms with Gasteiger partial charge in [0, 0.05) is 32.5 Å². The predicted molar refractivity (Wildman–Crippen MR) is 62.9 cm³/mol.